The molecule has 0 saturated carbocycles. The van der Waals surface area contributed by atoms with Gasteiger partial charge in [-0.1, -0.05) is 6.07 Å². The standard InChI is InChI=1S/C15H14N2O2/c1-11-3-6-14(9-12(11)2)16-10-13-4-7-15(8-5-13)17(18)19/h3-10H,1-2H3. The lowest BCUT2D eigenvalue weighted by atomic mass is 10.1. The molecule has 0 heterocycles. The number of aryl methyl sites for hydroxylation is 2. The van der Waals surface area contributed by atoms with Crippen molar-refractivity contribution < 1.29 is 4.92 Å². The molecule has 0 N–H and O–H groups in total. The Labute approximate surface area is 111 Å². The predicted octanol–water partition coefficient (Wildman–Crippen LogP) is 3.96. The molecule has 2 aromatic rings. The van der Waals surface area contributed by atoms with Crippen LogP contribution >= 0.6 is 0 Å². The Kier molecular flexibility index (Phi) is 3.71. The first-order valence-corrected chi connectivity index (χ1v) is 5.92. The first-order chi connectivity index (χ1) is 9.06. The van der Waals surface area contributed by atoms with Gasteiger partial charge in [0.15, 0.2) is 0 Å². The van der Waals surface area contributed by atoms with E-state index in [1.54, 1.807) is 18.3 Å². The molecule has 4 nitrogen and oxygen atoms in total. The molecule has 19 heavy (non-hydrogen) atoms. The molecule has 0 bridgehead atoms. The maximum absolute atomic E-state index is 10.5. The third-order valence-corrected chi connectivity index (χ3v) is 2.96. The van der Waals surface area contributed by atoms with Gasteiger partial charge >= 0.3 is 0 Å². The summed E-state index contributed by atoms with van der Waals surface area (Å²) in [4.78, 5) is 14.5. The lowest BCUT2D eigenvalue weighted by molar-refractivity contribution is -0.384. The zero-order valence-electron chi connectivity index (χ0n) is 10.8. The van der Waals surface area contributed by atoms with E-state index >= 15 is 0 Å². The molecule has 0 atom stereocenters. The lowest BCUT2D eigenvalue weighted by Gasteiger charge is -2.00. The van der Waals surface area contributed by atoms with Crippen LogP contribution in [0, 0.1) is 24.0 Å². The largest absolute Gasteiger partial charge is 0.269 e. The van der Waals surface area contributed by atoms with Gasteiger partial charge in [-0.25, -0.2) is 0 Å². The van der Waals surface area contributed by atoms with Crippen LogP contribution in [0.3, 0.4) is 0 Å². The fourth-order valence-corrected chi connectivity index (χ4v) is 1.64. The van der Waals surface area contributed by atoms with Crippen molar-refractivity contribution in [3.8, 4) is 0 Å². The molecule has 0 fully saturated rings. The van der Waals surface area contributed by atoms with Gasteiger partial charge in [-0.05, 0) is 54.8 Å². The Bertz CT molecular complexity index is 631. The van der Waals surface area contributed by atoms with Crippen LogP contribution in [0.25, 0.3) is 0 Å². The maximum atomic E-state index is 10.5. The maximum Gasteiger partial charge on any atom is 0.269 e. The summed E-state index contributed by atoms with van der Waals surface area (Å²) in [6.45, 7) is 4.10. The lowest BCUT2D eigenvalue weighted by Crippen LogP contribution is -1.88. The van der Waals surface area contributed by atoms with Gasteiger partial charge in [-0.2, -0.15) is 0 Å². The van der Waals surface area contributed by atoms with E-state index in [2.05, 4.69) is 11.9 Å². The molecule has 0 amide bonds. The molecule has 2 rings (SSSR count). The van der Waals surface area contributed by atoms with E-state index in [9.17, 15) is 10.1 Å². The second-order valence-electron chi connectivity index (χ2n) is 4.38. The highest BCUT2D eigenvalue weighted by atomic mass is 16.6. The van der Waals surface area contributed by atoms with E-state index in [0.29, 0.717) is 0 Å². The van der Waals surface area contributed by atoms with Gasteiger partial charge in [0.1, 0.15) is 0 Å². The normalized spacial score (nSPS) is 10.8. The van der Waals surface area contributed by atoms with Crippen molar-refractivity contribution in [2.45, 2.75) is 13.8 Å². The van der Waals surface area contributed by atoms with Crippen LogP contribution in [0.4, 0.5) is 11.4 Å². The molecule has 2 aromatic carbocycles. The highest BCUT2D eigenvalue weighted by molar-refractivity contribution is 5.82. The Balaban J connectivity index is 2.17. The minimum Gasteiger partial charge on any atom is -0.258 e. The molecule has 0 aliphatic carbocycles. The Morgan fingerprint density at radius 2 is 1.74 bits per heavy atom. The summed E-state index contributed by atoms with van der Waals surface area (Å²) in [5.74, 6) is 0. The molecule has 0 aliphatic rings. The molecular weight excluding hydrogens is 240 g/mol. The van der Waals surface area contributed by atoms with Gasteiger partial charge in [0, 0.05) is 18.3 Å². The summed E-state index contributed by atoms with van der Waals surface area (Å²) in [6, 6.07) is 12.3. The number of nitrogens with zero attached hydrogens (tertiary/aromatic N) is 2. The quantitative estimate of drug-likeness (QED) is 0.473. The average molecular weight is 254 g/mol. The number of hydrogen-bond acceptors (Lipinski definition) is 3. The molecule has 96 valence electrons. The highest BCUT2D eigenvalue weighted by Gasteiger charge is 2.02. The molecule has 4 heteroatoms. The van der Waals surface area contributed by atoms with Gasteiger partial charge in [-0.15, -0.1) is 0 Å². The number of rotatable bonds is 3. The minimum absolute atomic E-state index is 0.0864. The fraction of sp³-hybridized carbons (Fsp3) is 0.133. The molecule has 0 saturated heterocycles. The number of non-ortho nitro benzene ring substituents is 1. The van der Waals surface area contributed by atoms with Crippen LogP contribution < -0.4 is 0 Å². The third kappa shape index (κ3) is 3.25. The zero-order valence-corrected chi connectivity index (χ0v) is 10.8. The molecule has 0 unspecified atom stereocenters. The van der Waals surface area contributed by atoms with Crippen molar-refractivity contribution in [2.24, 2.45) is 4.99 Å². The van der Waals surface area contributed by atoms with E-state index in [4.69, 9.17) is 0 Å². The molecule has 0 aromatic heterocycles. The van der Waals surface area contributed by atoms with Crippen molar-refractivity contribution in [1.29, 1.82) is 0 Å². The second-order valence-corrected chi connectivity index (χ2v) is 4.38. The van der Waals surface area contributed by atoms with Crippen molar-refractivity contribution in [2.75, 3.05) is 0 Å². The van der Waals surface area contributed by atoms with Crippen LogP contribution in [0.1, 0.15) is 16.7 Å². The highest BCUT2D eigenvalue weighted by Crippen LogP contribution is 2.17. The first kappa shape index (κ1) is 13.0. The van der Waals surface area contributed by atoms with E-state index in [-0.39, 0.29) is 5.69 Å². The molecule has 0 aliphatic heterocycles. The Hall–Kier alpha value is -2.49. The number of aliphatic imine (C=N–C) groups is 1. The predicted molar refractivity (Wildman–Crippen MR) is 76.3 cm³/mol. The second kappa shape index (κ2) is 5.44. The van der Waals surface area contributed by atoms with Crippen LogP contribution in [-0.4, -0.2) is 11.1 Å². The Morgan fingerprint density at radius 1 is 1.05 bits per heavy atom. The summed E-state index contributed by atoms with van der Waals surface area (Å²) in [6.07, 6.45) is 1.70. The van der Waals surface area contributed by atoms with Gasteiger partial charge < -0.3 is 0 Å². The summed E-state index contributed by atoms with van der Waals surface area (Å²) < 4.78 is 0. The van der Waals surface area contributed by atoms with Gasteiger partial charge in [0.2, 0.25) is 0 Å². The fourth-order valence-electron chi connectivity index (χ4n) is 1.64. The summed E-state index contributed by atoms with van der Waals surface area (Å²) >= 11 is 0. The average Bonchev–Trinajstić information content (AvgIpc) is 2.40. The first-order valence-electron chi connectivity index (χ1n) is 5.92. The summed E-state index contributed by atoms with van der Waals surface area (Å²) in [7, 11) is 0. The minimum atomic E-state index is -0.412. The summed E-state index contributed by atoms with van der Waals surface area (Å²) in [5.41, 5.74) is 4.22. The van der Waals surface area contributed by atoms with E-state index in [1.807, 2.05) is 25.1 Å². The van der Waals surface area contributed by atoms with Crippen molar-refractivity contribution in [3.05, 3.63) is 69.3 Å². The van der Waals surface area contributed by atoms with E-state index < -0.39 is 4.92 Å². The number of hydrogen-bond donors (Lipinski definition) is 0. The Morgan fingerprint density at radius 3 is 2.32 bits per heavy atom. The van der Waals surface area contributed by atoms with Crippen LogP contribution in [0.2, 0.25) is 0 Å². The van der Waals surface area contributed by atoms with Crippen molar-refractivity contribution in [3.63, 3.8) is 0 Å². The third-order valence-electron chi connectivity index (χ3n) is 2.96. The molecule has 0 radical (unpaired) electrons. The topological polar surface area (TPSA) is 55.5 Å². The summed E-state index contributed by atoms with van der Waals surface area (Å²) in [5, 5.41) is 10.5. The van der Waals surface area contributed by atoms with Crippen LogP contribution in [0.15, 0.2) is 47.5 Å². The van der Waals surface area contributed by atoms with Gasteiger partial charge in [0.05, 0.1) is 10.6 Å². The van der Waals surface area contributed by atoms with Crippen LogP contribution in [0.5, 0.6) is 0 Å². The van der Waals surface area contributed by atoms with Crippen LogP contribution in [-0.2, 0) is 0 Å². The number of nitro benzene ring substituents is 1. The van der Waals surface area contributed by atoms with E-state index in [1.165, 1.54) is 23.3 Å². The molecular formula is C15H14N2O2. The number of nitro groups is 1. The molecule has 0 spiro atoms. The SMILES string of the molecule is Cc1ccc(N=Cc2ccc([N+](=O)[O-])cc2)cc1C. The van der Waals surface area contributed by atoms with E-state index in [0.717, 1.165) is 11.3 Å². The van der Waals surface area contributed by atoms with Gasteiger partial charge in [0.25, 0.3) is 5.69 Å². The van der Waals surface area contributed by atoms with Crippen molar-refractivity contribution >= 4 is 17.6 Å². The van der Waals surface area contributed by atoms with Crippen molar-refractivity contribution in [1.82, 2.24) is 0 Å². The smallest absolute Gasteiger partial charge is 0.258 e. The zero-order chi connectivity index (χ0) is 13.8. The monoisotopic (exact) mass is 254 g/mol. The van der Waals surface area contributed by atoms with Gasteiger partial charge in [-0.3, -0.25) is 15.1 Å². The number of benzene rings is 2.